The highest BCUT2D eigenvalue weighted by Crippen LogP contribution is 2.19. The molecule has 0 aromatic heterocycles. The second kappa shape index (κ2) is 7.09. The molecule has 0 N–H and O–H groups in total. The molecule has 3 rings (SSSR count). The molecule has 2 aromatic carbocycles. The molecule has 1 fully saturated rings. The average molecular weight is 330 g/mol. The number of carbonyl (C=O) groups is 1. The molecule has 2 aromatic rings. The number of rotatable bonds is 3. The Hall–Kier alpha value is -2.27. The Kier molecular flexibility index (Phi) is 4.90. The van der Waals surface area contributed by atoms with Crippen molar-refractivity contribution in [2.75, 3.05) is 19.6 Å². The maximum absolute atomic E-state index is 13.9. The van der Waals surface area contributed by atoms with E-state index in [4.69, 9.17) is 0 Å². The Bertz CT molecular complexity index is 721. The molecular formula is C19H20F2N2O. The molecule has 1 aliphatic rings. The molecule has 1 aliphatic heterocycles. The third-order valence-electron chi connectivity index (χ3n) is 4.40. The van der Waals surface area contributed by atoms with Crippen molar-refractivity contribution in [2.45, 2.75) is 19.5 Å². The van der Waals surface area contributed by atoms with Crippen molar-refractivity contribution in [1.82, 2.24) is 9.80 Å². The summed E-state index contributed by atoms with van der Waals surface area (Å²) < 4.78 is 27.2. The van der Waals surface area contributed by atoms with E-state index in [1.54, 1.807) is 4.90 Å². The number of halogens is 2. The van der Waals surface area contributed by atoms with Crippen molar-refractivity contribution in [2.24, 2.45) is 0 Å². The molecule has 1 saturated heterocycles. The van der Waals surface area contributed by atoms with Crippen LogP contribution in [0.4, 0.5) is 8.78 Å². The third kappa shape index (κ3) is 3.46. The summed E-state index contributed by atoms with van der Waals surface area (Å²) in [5.41, 5.74) is 1.03. The molecule has 1 atom stereocenters. The van der Waals surface area contributed by atoms with Crippen molar-refractivity contribution in [1.29, 1.82) is 0 Å². The van der Waals surface area contributed by atoms with E-state index < -0.39 is 17.5 Å². The van der Waals surface area contributed by atoms with Crippen molar-refractivity contribution < 1.29 is 13.6 Å². The van der Waals surface area contributed by atoms with Gasteiger partial charge in [0.25, 0.3) is 5.91 Å². The Morgan fingerprint density at radius 1 is 1.08 bits per heavy atom. The minimum Gasteiger partial charge on any atom is -0.333 e. The molecule has 24 heavy (non-hydrogen) atoms. The number of hydrogen-bond acceptors (Lipinski definition) is 2. The van der Waals surface area contributed by atoms with Gasteiger partial charge in [-0.1, -0.05) is 36.4 Å². The molecule has 1 heterocycles. The molecule has 126 valence electrons. The van der Waals surface area contributed by atoms with Crippen LogP contribution in [0.15, 0.2) is 48.5 Å². The van der Waals surface area contributed by atoms with Crippen molar-refractivity contribution >= 4 is 5.91 Å². The van der Waals surface area contributed by atoms with Gasteiger partial charge in [0.2, 0.25) is 0 Å². The van der Waals surface area contributed by atoms with Gasteiger partial charge in [-0.05, 0) is 24.6 Å². The Morgan fingerprint density at radius 2 is 1.83 bits per heavy atom. The van der Waals surface area contributed by atoms with Gasteiger partial charge in [-0.2, -0.15) is 0 Å². The number of hydrogen-bond donors (Lipinski definition) is 0. The standard InChI is InChI=1S/C19H20F2N2O/c1-14-12-22(13-15-6-3-2-4-7-15)10-11-23(14)19(24)16-8-5-9-17(20)18(16)21/h2-9,14H,10-13H2,1H3/t14-/m1/s1. The van der Waals surface area contributed by atoms with Gasteiger partial charge < -0.3 is 4.90 Å². The van der Waals surface area contributed by atoms with Crippen LogP contribution in [0.25, 0.3) is 0 Å². The minimum atomic E-state index is -1.07. The van der Waals surface area contributed by atoms with Crippen LogP contribution in [-0.2, 0) is 6.54 Å². The first-order valence-electron chi connectivity index (χ1n) is 8.07. The van der Waals surface area contributed by atoms with E-state index in [0.717, 1.165) is 12.6 Å². The maximum Gasteiger partial charge on any atom is 0.257 e. The normalized spacial score (nSPS) is 18.6. The quantitative estimate of drug-likeness (QED) is 0.862. The number of benzene rings is 2. The van der Waals surface area contributed by atoms with Crippen LogP contribution in [0.3, 0.4) is 0 Å². The first kappa shape index (κ1) is 16.6. The van der Waals surface area contributed by atoms with E-state index in [0.29, 0.717) is 19.6 Å². The summed E-state index contributed by atoms with van der Waals surface area (Å²) in [4.78, 5) is 16.4. The lowest BCUT2D eigenvalue weighted by Crippen LogP contribution is -2.53. The molecule has 1 amide bonds. The molecule has 5 heteroatoms. The van der Waals surface area contributed by atoms with E-state index in [1.807, 2.05) is 25.1 Å². The van der Waals surface area contributed by atoms with E-state index in [2.05, 4.69) is 17.0 Å². The van der Waals surface area contributed by atoms with Crippen LogP contribution < -0.4 is 0 Å². The van der Waals surface area contributed by atoms with E-state index in [1.165, 1.54) is 17.7 Å². The SMILES string of the molecule is C[C@@H]1CN(Cc2ccccc2)CCN1C(=O)c1cccc(F)c1F. The fraction of sp³-hybridized carbons (Fsp3) is 0.316. The third-order valence-corrected chi connectivity index (χ3v) is 4.40. The van der Waals surface area contributed by atoms with Crippen LogP contribution in [-0.4, -0.2) is 41.4 Å². The van der Waals surface area contributed by atoms with Gasteiger partial charge in [-0.25, -0.2) is 8.78 Å². The zero-order valence-corrected chi connectivity index (χ0v) is 13.6. The minimum absolute atomic E-state index is 0.0578. The lowest BCUT2D eigenvalue weighted by molar-refractivity contribution is 0.0470. The summed E-state index contributed by atoms with van der Waals surface area (Å²) in [6, 6.07) is 13.8. The largest absolute Gasteiger partial charge is 0.333 e. The van der Waals surface area contributed by atoms with Crippen LogP contribution in [0, 0.1) is 11.6 Å². The summed E-state index contributed by atoms with van der Waals surface area (Å²) >= 11 is 0. The number of amides is 1. The van der Waals surface area contributed by atoms with Gasteiger partial charge in [0.1, 0.15) is 0 Å². The summed E-state index contributed by atoms with van der Waals surface area (Å²) in [6.07, 6.45) is 0. The van der Waals surface area contributed by atoms with Crippen molar-refractivity contribution in [3.8, 4) is 0 Å². The summed E-state index contributed by atoms with van der Waals surface area (Å²) in [7, 11) is 0. The van der Waals surface area contributed by atoms with Crippen LogP contribution in [0.2, 0.25) is 0 Å². The van der Waals surface area contributed by atoms with Crippen LogP contribution >= 0.6 is 0 Å². The zero-order valence-electron chi connectivity index (χ0n) is 13.6. The van der Waals surface area contributed by atoms with E-state index in [-0.39, 0.29) is 11.6 Å². The van der Waals surface area contributed by atoms with Gasteiger partial charge in [0.15, 0.2) is 11.6 Å². The molecule has 0 bridgehead atoms. The molecule has 0 spiro atoms. The molecular weight excluding hydrogens is 310 g/mol. The summed E-state index contributed by atoms with van der Waals surface area (Å²) in [6.45, 7) is 4.68. The fourth-order valence-electron chi connectivity index (χ4n) is 3.14. The summed E-state index contributed by atoms with van der Waals surface area (Å²) in [5.74, 6) is -2.50. The Labute approximate surface area is 140 Å². The van der Waals surface area contributed by atoms with Crippen LogP contribution in [0.5, 0.6) is 0 Å². The predicted molar refractivity (Wildman–Crippen MR) is 88.6 cm³/mol. The predicted octanol–water partition coefficient (Wildman–Crippen LogP) is 3.31. The first-order valence-corrected chi connectivity index (χ1v) is 8.07. The highest BCUT2D eigenvalue weighted by atomic mass is 19.2. The topological polar surface area (TPSA) is 23.6 Å². The number of carbonyl (C=O) groups excluding carboxylic acids is 1. The van der Waals surface area contributed by atoms with E-state index >= 15 is 0 Å². The smallest absolute Gasteiger partial charge is 0.257 e. The van der Waals surface area contributed by atoms with Gasteiger partial charge in [0, 0.05) is 32.2 Å². The van der Waals surface area contributed by atoms with Crippen molar-refractivity contribution in [3.05, 3.63) is 71.3 Å². The molecule has 0 unspecified atom stereocenters. The highest BCUT2D eigenvalue weighted by Gasteiger charge is 2.29. The average Bonchev–Trinajstić information content (AvgIpc) is 2.58. The lowest BCUT2D eigenvalue weighted by Gasteiger charge is -2.40. The highest BCUT2D eigenvalue weighted by molar-refractivity contribution is 5.94. The number of piperazine rings is 1. The Morgan fingerprint density at radius 3 is 2.54 bits per heavy atom. The summed E-state index contributed by atoms with van der Waals surface area (Å²) in [5, 5.41) is 0. The van der Waals surface area contributed by atoms with E-state index in [9.17, 15) is 13.6 Å². The molecule has 0 aliphatic carbocycles. The van der Waals surface area contributed by atoms with Gasteiger partial charge in [0.05, 0.1) is 5.56 Å². The fourth-order valence-corrected chi connectivity index (χ4v) is 3.14. The second-order valence-corrected chi connectivity index (χ2v) is 6.17. The zero-order chi connectivity index (χ0) is 17.1. The lowest BCUT2D eigenvalue weighted by atomic mass is 10.1. The number of nitrogens with zero attached hydrogens (tertiary/aromatic N) is 2. The maximum atomic E-state index is 13.9. The molecule has 0 radical (unpaired) electrons. The monoisotopic (exact) mass is 330 g/mol. The first-order chi connectivity index (χ1) is 11.6. The van der Waals surface area contributed by atoms with Crippen molar-refractivity contribution in [3.63, 3.8) is 0 Å². The van der Waals surface area contributed by atoms with Gasteiger partial charge >= 0.3 is 0 Å². The van der Waals surface area contributed by atoms with Gasteiger partial charge in [-0.3, -0.25) is 9.69 Å². The Balaban J connectivity index is 1.67. The van der Waals surface area contributed by atoms with Gasteiger partial charge in [-0.15, -0.1) is 0 Å². The van der Waals surface area contributed by atoms with Crippen LogP contribution in [0.1, 0.15) is 22.8 Å². The molecule has 3 nitrogen and oxygen atoms in total. The molecule has 0 saturated carbocycles. The second-order valence-electron chi connectivity index (χ2n) is 6.17.